The molecule has 0 spiro atoms. The second-order valence-electron chi connectivity index (χ2n) is 3.77. The summed E-state index contributed by atoms with van der Waals surface area (Å²) < 4.78 is 41.3. The molecule has 0 aliphatic carbocycles. The van der Waals surface area contributed by atoms with E-state index in [4.69, 9.17) is 5.11 Å². The summed E-state index contributed by atoms with van der Waals surface area (Å²) in [4.78, 5) is 10.2. The van der Waals surface area contributed by atoms with Gasteiger partial charge in [0.1, 0.15) is 10.6 Å². The summed E-state index contributed by atoms with van der Waals surface area (Å²) in [6.45, 7) is 0. The summed E-state index contributed by atoms with van der Waals surface area (Å²) in [7, 11) is -3.72. The number of sulfone groups is 1. The molecular formula is C11H8FNO5S. The molecule has 0 amide bonds. The van der Waals surface area contributed by atoms with Crippen molar-refractivity contribution in [1.82, 2.24) is 5.16 Å². The first kappa shape index (κ1) is 13.2. The van der Waals surface area contributed by atoms with Gasteiger partial charge in [0, 0.05) is 17.9 Å². The Bertz CT molecular complexity index is 750. The summed E-state index contributed by atoms with van der Waals surface area (Å²) in [6.07, 6.45) is 0.876. The molecule has 100 valence electrons. The van der Waals surface area contributed by atoms with Crippen LogP contribution < -0.4 is 0 Å². The molecule has 0 unspecified atom stereocenters. The highest BCUT2D eigenvalue weighted by atomic mass is 32.2. The zero-order chi connectivity index (χ0) is 14.2. The van der Waals surface area contributed by atoms with E-state index in [0.29, 0.717) is 0 Å². The van der Waals surface area contributed by atoms with Crippen molar-refractivity contribution in [1.29, 1.82) is 0 Å². The van der Waals surface area contributed by atoms with Gasteiger partial charge in [0.2, 0.25) is 5.76 Å². The van der Waals surface area contributed by atoms with Gasteiger partial charge >= 0.3 is 5.97 Å². The van der Waals surface area contributed by atoms with Gasteiger partial charge in [0.05, 0.1) is 0 Å². The first-order valence-corrected chi connectivity index (χ1v) is 6.89. The maximum Gasteiger partial charge on any atom is 0.374 e. The molecule has 8 heteroatoms. The van der Waals surface area contributed by atoms with E-state index in [1.54, 1.807) is 0 Å². The molecule has 19 heavy (non-hydrogen) atoms. The maximum absolute atomic E-state index is 14.1. The fourth-order valence-corrected chi connectivity index (χ4v) is 2.26. The lowest BCUT2D eigenvalue weighted by atomic mass is 10.1. The molecule has 2 aromatic rings. The Balaban J connectivity index is 2.60. The number of hydrogen-bond donors (Lipinski definition) is 1. The lowest BCUT2D eigenvalue weighted by Crippen LogP contribution is -2.02. The fraction of sp³-hybridized carbons (Fsp3) is 0.0909. The monoisotopic (exact) mass is 285 g/mol. The maximum atomic E-state index is 14.1. The first-order chi connectivity index (χ1) is 8.80. The molecule has 0 saturated carbocycles. The van der Waals surface area contributed by atoms with E-state index in [0.717, 1.165) is 18.4 Å². The number of nitrogens with zero attached hydrogens (tertiary/aromatic N) is 1. The highest BCUT2D eigenvalue weighted by Crippen LogP contribution is 2.27. The van der Waals surface area contributed by atoms with Gasteiger partial charge in [0.25, 0.3) is 0 Å². The van der Waals surface area contributed by atoms with Crippen molar-refractivity contribution in [3.8, 4) is 11.3 Å². The molecule has 6 nitrogen and oxygen atoms in total. The number of benzene rings is 1. The van der Waals surface area contributed by atoms with Crippen LogP contribution in [0, 0.1) is 5.82 Å². The number of carbonyl (C=O) groups is 1. The highest BCUT2D eigenvalue weighted by molar-refractivity contribution is 7.90. The summed E-state index contributed by atoms with van der Waals surface area (Å²) in [6, 6.07) is 4.76. The predicted molar refractivity (Wildman–Crippen MR) is 62.0 cm³/mol. The molecule has 1 aromatic heterocycles. The Hall–Kier alpha value is -2.22. The average molecular weight is 285 g/mol. The number of halogens is 1. The van der Waals surface area contributed by atoms with Crippen molar-refractivity contribution < 1.29 is 27.2 Å². The largest absolute Gasteiger partial charge is 0.475 e. The van der Waals surface area contributed by atoms with Crippen LogP contribution in [0.15, 0.2) is 33.7 Å². The molecule has 1 N–H and O–H groups in total. The third-order valence-corrected chi connectivity index (χ3v) is 3.47. The highest BCUT2D eigenvalue weighted by Gasteiger charge is 2.20. The molecule has 0 atom stereocenters. The SMILES string of the molecule is CS(=O)(=O)c1cccc(-c2cc(C(=O)O)on2)c1F. The third kappa shape index (κ3) is 2.48. The van der Waals surface area contributed by atoms with E-state index in [9.17, 15) is 17.6 Å². The number of aromatic carboxylic acids is 1. The number of aromatic nitrogens is 1. The van der Waals surface area contributed by atoms with Crippen molar-refractivity contribution in [3.05, 3.63) is 35.8 Å². The van der Waals surface area contributed by atoms with Gasteiger partial charge in [0.15, 0.2) is 15.7 Å². The summed E-state index contributed by atoms with van der Waals surface area (Å²) in [5.41, 5.74) is -0.223. The summed E-state index contributed by atoms with van der Waals surface area (Å²) in [5, 5.41) is 12.1. The van der Waals surface area contributed by atoms with Gasteiger partial charge in [-0.05, 0) is 12.1 Å². The van der Waals surface area contributed by atoms with Gasteiger partial charge in [-0.2, -0.15) is 0 Å². The molecule has 0 fully saturated rings. The van der Waals surface area contributed by atoms with Crippen molar-refractivity contribution in [3.63, 3.8) is 0 Å². The third-order valence-electron chi connectivity index (χ3n) is 2.36. The lowest BCUT2D eigenvalue weighted by molar-refractivity contribution is 0.0652. The standard InChI is InChI=1S/C11H8FNO5S/c1-19(16,17)9-4-2-3-6(10(9)12)7-5-8(11(14)15)18-13-7/h2-5H,1H3,(H,14,15). The number of rotatable bonds is 3. The van der Waals surface area contributed by atoms with Crippen molar-refractivity contribution >= 4 is 15.8 Å². The second-order valence-corrected chi connectivity index (χ2v) is 5.76. The van der Waals surface area contributed by atoms with Crippen LogP contribution in [0.5, 0.6) is 0 Å². The second kappa shape index (κ2) is 4.47. The quantitative estimate of drug-likeness (QED) is 0.919. The molecule has 0 aliphatic heterocycles. The van der Waals surface area contributed by atoms with E-state index in [-0.39, 0.29) is 11.3 Å². The Labute approximate surface area is 107 Å². The van der Waals surface area contributed by atoms with Crippen LogP contribution in [0.4, 0.5) is 4.39 Å². The molecule has 0 radical (unpaired) electrons. The van der Waals surface area contributed by atoms with Crippen molar-refractivity contribution in [2.24, 2.45) is 0 Å². The molecule has 1 aromatic carbocycles. The van der Waals surface area contributed by atoms with E-state index in [2.05, 4.69) is 9.68 Å². The van der Waals surface area contributed by atoms with Crippen LogP contribution in [0.25, 0.3) is 11.3 Å². The Morgan fingerprint density at radius 2 is 2.11 bits per heavy atom. The summed E-state index contributed by atoms with van der Waals surface area (Å²) >= 11 is 0. The molecule has 1 heterocycles. The van der Waals surface area contributed by atoms with Gasteiger partial charge < -0.3 is 9.63 Å². The zero-order valence-electron chi connectivity index (χ0n) is 9.62. The topological polar surface area (TPSA) is 97.5 Å². The van der Waals surface area contributed by atoms with Crippen LogP contribution in [0.3, 0.4) is 0 Å². The van der Waals surface area contributed by atoms with Gasteiger partial charge in [-0.15, -0.1) is 0 Å². The van der Waals surface area contributed by atoms with E-state index >= 15 is 0 Å². The first-order valence-electron chi connectivity index (χ1n) is 4.99. The Kier molecular flexibility index (Phi) is 3.11. The van der Waals surface area contributed by atoms with Crippen LogP contribution >= 0.6 is 0 Å². The molecule has 0 aliphatic rings. The van der Waals surface area contributed by atoms with Crippen LogP contribution in [0.1, 0.15) is 10.6 Å². The predicted octanol–water partition coefficient (Wildman–Crippen LogP) is 1.58. The minimum absolute atomic E-state index is 0.0830. The zero-order valence-corrected chi connectivity index (χ0v) is 10.4. The van der Waals surface area contributed by atoms with Crippen LogP contribution in [-0.2, 0) is 9.84 Å². The van der Waals surface area contributed by atoms with Crippen LogP contribution in [-0.4, -0.2) is 30.9 Å². The molecular weight excluding hydrogens is 277 g/mol. The minimum atomic E-state index is -3.72. The van der Waals surface area contributed by atoms with E-state index in [1.807, 2.05) is 0 Å². The molecule has 0 saturated heterocycles. The van der Waals surface area contributed by atoms with Crippen molar-refractivity contribution in [2.45, 2.75) is 4.90 Å². The fourth-order valence-electron chi connectivity index (χ4n) is 1.50. The van der Waals surface area contributed by atoms with Crippen molar-refractivity contribution in [2.75, 3.05) is 6.26 Å². The summed E-state index contributed by atoms with van der Waals surface area (Å²) in [5.74, 6) is -2.80. The lowest BCUT2D eigenvalue weighted by Gasteiger charge is -2.03. The Morgan fingerprint density at radius 1 is 1.42 bits per heavy atom. The minimum Gasteiger partial charge on any atom is -0.475 e. The normalized spacial score (nSPS) is 11.5. The average Bonchev–Trinajstić information content (AvgIpc) is 2.77. The van der Waals surface area contributed by atoms with E-state index in [1.165, 1.54) is 12.1 Å². The molecule has 0 bridgehead atoms. The molecule has 2 rings (SSSR count). The van der Waals surface area contributed by atoms with Gasteiger partial charge in [-0.1, -0.05) is 11.2 Å². The van der Waals surface area contributed by atoms with Crippen LogP contribution in [0.2, 0.25) is 0 Å². The number of hydrogen-bond acceptors (Lipinski definition) is 5. The van der Waals surface area contributed by atoms with Gasteiger partial charge in [-0.3, -0.25) is 0 Å². The van der Waals surface area contributed by atoms with E-state index < -0.39 is 32.3 Å². The Morgan fingerprint density at radius 3 is 2.63 bits per heavy atom. The van der Waals surface area contributed by atoms with Gasteiger partial charge in [-0.25, -0.2) is 17.6 Å². The number of carboxylic acid groups (broad SMARTS) is 1. The smallest absolute Gasteiger partial charge is 0.374 e. The number of carboxylic acids is 1.